The van der Waals surface area contributed by atoms with Crippen LogP contribution in [0.15, 0.2) is 0 Å². The Hall–Kier alpha value is 0.430. The van der Waals surface area contributed by atoms with E-state index in [-0.39, 0.29) is 0 Å². The topological polar surface area (TPSA) is 0 Å². The van der Waals surface area contributed by atoms with E-state index in [1.807, 2.05) is 0 Å². The first kappa shape index (κ1) is 14.4. The fourth-order valence-corrected chi connectivity index (χ4v) is 2.07. The van der Waals surface area contributed by atoms with Gasteiger partial charge in [0.25, 0.3) is 0 Å². The number of rotatable bonds is 9. The Kier molecular flexibility index (Phi) is 8.98. The molecule has 0 aliphatic heterocycles. The van der Waals surface area contributed by atoms with E-state index >= 15 is 0 Å². The van der Waals surface area contributed by atoms with Crippen LogP contribution in [-0.4, -0.2) is 5.16 Å². The molecule has 0 saturated heterocycles. The second-order valence-electron chi connectivity index (χ2n) is 4.59. The maximum Gasteiger partial charge on any atom is -0.0155 e. The summed E-state index contributed by atoms with van der Waals surface area (Å²) in [5, 5.41) is 0.546. The van der Waals surface area contributed by atoms with Gasteiger partial charge in [0.2, 0.25) is 0 Å². The number of hydrogen-bond donors (Lipinski definition) is 0. The number of unbranched alkanes of at least 4 members (excludes halogenated alkanes) is 5. The molecule has 0 aromatic rings. The normalized spacial score (nSPS) is 12.0. The zero-order chi connectivity index (χ0) is 10.9. The van der Waals surface area contributed by atoms with Gasteiger partial charge in [-0.05, 0) is 24.4 Å². The van der Waals surface area contributed by atoms with E-state index in [0.717, 1.165) is 0 Å². The molecule has 1 atom stereocenters. The highest BCUT2D eigenvalue weighted by molar-refractivity contribution is 7.18. The quantitative estimate of drug-likeness (QED) is 0.368. The SMILES string of the molecule is CCCCCCCCC(P)(CC)CC. The minimum Gasteiger partial charge on any atom is -0.131 e. The largest absolute Gasteiger partial charge is 0.131 e. The van der Waals surface area contributed by atoms with Gasteiger partial charge in [-0.1, -0.05) is 59.3 Å². The summed E-state index contributed by atoms with van der Waals surface area (Å²) in [6.45, 7) is 6.91. The molecule has 0 radical (unpaired) electrons. The third-order valence-corrected chi connectivity index (χ3v) is 4.54. The molecule has 0 heterocycles. The molecule has 0 spiro atoms. The average molecular weight is 216 g/mol. The molecule has 0 saturated carbocycles. The van der Waals surface area contributed by atoms with Crippen molar-refractivity contribution >= 4 is 9.24 Å². The molecular formula is C13H29P. The predicted octanol–water partition coefficient (Wildman–Crippen LogP) is 5.17. The molecule has 0 aliphatic carbocycles. The molecule has 0 bridgehead atoms. The highest BCUT2D eigenvalue weighted by Crippen LogP contribution is 2.32. The summed E-state index contributed by atoms with van der Waals surface area (Å²) in [5.41, 5.74) is 0. The van der Waals surface area contributed by atoms with Crippen LogP contribution in [0.1, 0.15) is 78.6 Å². The van der Waals surface area contributed by atoms with Crippen LogP contribution in [0.2, 0.25) is 0 Å². The van der Waals surface area contributed by atoms with E-state index in [4.69, 9.17) is 0 Å². The van der Waals surface area contributed by atoms with E-state index in [1.165, 1.54) is 57.8 Å². The van der Waals surface area contributed by atoms with E-state index in [2.05, 4.69) is 30.0 Å². The van der Waals surface area contributed by atoms with Crippen LogP contribution >= 0.6 is 9.24 Å². The summed E-state index contributed by atoms with van der Waals surface area (Å²) in [7, 11) is 3.08. The lowest BCUT2D eigenvalue weighted by Gasteiger charge is -2.26. The summed E-state index contributed by atoms with van der Waals surface area (Å²) < 4.78 is 0. The van der Waals surface area contributed by atoms with Gasteiger partial charge in [0.1, 0.15) is 0 Å². The van der Waals surface area contributed by atoms with Crippen molar-refractivity contribution in [3.63, 3.8) is 0 Å². The monoisotopic (exact) mass is 216 g/mol. The highest BCUT2D eigenvalue weighted by Gasteiger charge is 2.18. The van der Waals surface area contributed by atoms with Gasteiger partial charge in [-0.15, -0.1) is 9.24 Å². The Balaban J connectivity index is 3.34. The molecule has 1 heteroatoms. The molecule has 14 heavy (non-hydrogen) atoms. The lowest BCUT2D eigenvalue weighted by Crippen LogP contribution is -2.17. The second kappa shape index (κ2) is 8.72. The molecule has 0 N–H and O–H groups in total. The van der Waals surface area contributed by atoms with Gasteiger partial charge < -0.3 is 0 Å². The van der Waals surface area contributed by atoms with Crippen molar-refractivity contribution in [2.24, 2.45) is 0 Å². The van der Waals surface area contributed by atoms with Crippen LogP contribution in [0.3, 0.4) is 0 Å². The van der Waals surface area contributed by atoms with Crippen LogP contribution < -0.4 is 0 Å². The first-order valence-electron chi connectivity index (χ1n) is 6.47. The van der Waals surface area contributed by atoms with Gasteiger partial charge in [-0.25, -0.2) is 0 Å². The molecule has 0 aliphatic rings. The maximum absolute atomic E-state index is 3.08. The van der Waals surface area contributed by atoms with Crippen molar-refractivity contribution in [2.45, 2.75) is 83.7 Å². The van der Waals surface area contributed by atoms with Gasteiger partial charge in [0.05, 0.1) is 0 Å². The van der Waals surface area contributed by atoms with Crippen molar-refractivity contribution in [3.8, 4) is 0 Å². The zero-order valence-corrected chi connectivity index (χ0v) is 11.6. The van der Waals surface area contributed by atoms with E-state index < -0.39 is 0 Å². The predicted molar refractivity (Wildman–Crippen MR) is 71.0 cm³/mol. The summed E-state index contributed by atoms with van der Waals surface area (Å²) in [6, 6.07) is 0. The Labute approximate surface area is 93.4 Å². The Morgan fingerprint density at radius 2 is 1.29 bits per heavy atom. The summed E-state index contributed by atoms with van der Waals surface area (Å²) in [5.74, 6) is 0. The first-order chi connectivity index (χ1) is 6.68. The van der Waals surface area contributed by atoms with Crippen LogP contribution in [0.5, 0.6) is 0 Å². The smallest absolute Gasteiger partial charge is 0.0155 e. The summed E-state index contributed by atoms with van der Waals surface area (Å²) in [4.78, 5) is 0. The Bertz CT molecular complexity index is 116. The minimum atomic E-state index is 0.546. The van der Waals surface area contributed by atoms with Crippen molar-refractivity contribution in [3.05, 3.63) is 0 Å². The Morgan fingerprint density at radius 1 is 0.786 bits per heavy atom. The molecule has 0 aromatic heterocycles. The second-order valence-corrected chi connectivity index (χ2v) is 5.81. The Morgan fingerprint density at radius 3 is 1.79 bits per heavy atom. The van der Waals surface area contributed by atoms with Crippen LogP contribution in [0, 0.1) is 0 Å². The highest BCUT2D eigenvalue weighted by atomic mass is 31.0. The van der Waals surface area contributed by atoms with Gasteiger partial charge in [0, 0.05) is 0 Å². The van der Waals surface area contributed by atoms with Crippen molar-refractivity contribution in [1.29, 1.82) is 0 Å². The van der Waals surface area contributed by atoms with Gasteiger partial charge in [0.15, 0.2) is 0 Å². The van der Waals surface area contributed by atoms with E-state index in [0.29, 0.717) is 5.16 Å². The van der Waals surface area contributed by atoms with Crippen LogP contribution in [0.4, 0.5) is 0 Å². The van der Waals surface area contributed by atoms with E-state index in [9.17, 15) is 0 Å². The zero-order valence-electron chi connectivity index (χ0n) is 10.4. The fourth-order valence-electron chi connectivity index (χ4n) is 1.86. The molecule has 86 valence electrons. The molecule has 1 unspecified atom stereocenters. The van der Waals surface area contributed by atoms with Crippen molar-refractivity contribution in [1.82, 2.24) is 0 Å². The van der Waals surface area contributed by atoms with Gasteiger partial charge in [-0.2, -0.15) is 0 Å². The van der Waals surface area contributed by atoms with Crippen molar-refractivity contribution in [2.75, 3.05) is 0 Å². The van der Waals surface area contributed by atoms with E-state index in [1.54, 1.807) is 0 Å². The summed E-state index contributed by atoms with van der Waals surface area (Å²) in [6.07, 6.45) is 12.6. The average Bonchev–Trinajstić information content (AvgIpc) is 2.23. The first-order valence-corrected chi connectivity index (χ1v) is 7.05. The molecule has 0 rings (SSSR count). The molecule has 0 aromatic carbocycles. The van der Waals surface area contributed by atoms with Crippen LogP contribution in [-0.2, 0) is 0 Å². The number of hydrogen-bond acceptors (Lipinski definition) is 0. The lowest BCUT2D eigenvalue weighted by molar-refractivity contribution is 0.468. The maximum atomic E-state index is 3.08. The summed E-state index contributed by atoms with van der Waals surface area (Å²) >= 11 is 0. The third kappa shape index (κ3) is 6.82. The van der Waals surface area contributed by atoms with Crippen molar-refractivity contribution < 1.29 is 0 Å². The molecular weight excluding hydrogens is 187 g/mol. The fraction of sp³-hybridized carbons (Fsp3) is 1.00. The third-order valence-electron chi connectivity index (χ3n) is 3.44. The van der Waals surface area contributed by atoms with Gasteiger partial charge in [-0.3, -0.25) is 0 Å². The van der Waals surface area contributed by atoms with Gasteiger partial charge >= 0.3 is 0 Å². The minimum absolute atomic E-state index is 0.546. The van der Waals surface area contributed by atoms with Crippen LogP contribution in [0.25, 0.3) is 0 Å². The lowest BCUT2D eigenvalue weighted by atomic mass is 9.94. The standard InChI is InChI=1S/C13H29P/c1-4-7-8-9-10-11-12-13(14,5-2)6-3/h4-12,14H2,1-3H3. The molecule has 0 nitrogen and oxygen atoms in total. The molecule has 0 amide bonds. The molecule has 0 fully saturated rings.